The van der Waals surface area contributed by atoms with Gasteiger partial charge in [-0.1, -0.05) is 18.6 Å². The van der Waals surface area contributed by atoms with Gasteiger partial charge in [0.2, 0.25) is 0 Å². The van der Waals surface area contributed by atoms with Crippen molar-refractivity contribution in [2.75, 3.05) is 56.3 Å². The minimum atomic E-state index is -0.398. The number of morpholine rings is 1. The van der Waals surface area contributed by atoms with E-state index in [2.05, 4.69) is 9.80 Å². The van der Waals surface area contributed by atoms with Gasteiger partial charge in [0.05, 0.1) is 36.8 Å². The third kappa shape index (κ3) is 2.71. The summed E-state index contributed by atoms with van der Waals surface area (Å²) in [6, 6.07) is 7.99. The van der Waals surface area contributed by atoms with Crippen LogP contribution in [0.15, 0.2) is 24.3 Å². The molecular weight excluding hydrogens is 356 g/mol. The number of fused-ring (bicyclic) bond motifs is 2. The summed E-state index contributed by atoms with van der Waals surface area (Å²) in [5.41, 5.74) is 1.39. The third-order valence-electron chi connectivity index (χ3n) is 6.61. The van der Waals surface area contributed by atoms with Gasteiger partial charge < -0.3 is 19.3 Å². The SMILES string of the molecule is COC(=O)C12CCCC1CN(c1nc3ccccc3nc1N1CCOCC1)C2. The van der Waals surface area contributed by atoms with Crippen LogP contribution in [0.25, 0.3) is 11.0 Å². The first-order valence-corrected chi connectivity index (χ1v) is 10.1. The average molecular weight is 382 g/mol. The summed E-state index contributed by atoms with van der Waals surface area (Å²) in [5.74, 6) is 2.05. The molecule has 1 aromatic heterocycles. The van der Waals surface area contributed by atoms with E-state index in [4.69, 9.17) is 19.4 Å². The molecule has 7 heteroatoms. The van der Waals surface area contributed by atoms with E-state index in [0.29, 0.717) is 25.7 Å². The second-order valence-corrected chi connectivity index (χ2v) is 8.08. The molecule has 148 valence electrons. The normalized spacial score (nSPS) is 27.2. The van der Waals surface area contributed by atoms with E-state index in [1.807, 2.05) is 24.3 Å². The van der Waals surface area contributed by atoms with E-state index in [-0.39, 0.29) is 5.97 Å². The summed E-state index contributed by atoms with van der Waals surface area (Å²) in [5, 5.41) is 0. The van der Waals surface area contributed by atoms with Gasteiger partial charge in [0.1, 0.15) is 0 Å². The number of rotatable bonds is 3. The van der Waals surface area contributed by atoms with Crippen molar-refractivity contribution < 1.29 is 14.3 Å². The Bertz CT molecular complexity index is 898. The molecule has 2 unspecified atom stereocenters. The zero-order chi connectivity index (χ0) is 19.1. The maximum Gasteiger partial charge on any atom is 0.313 e. The summed E-state index contributed by atoms with van der Waals surface area (Å²) in [7, 11) is 1.50. The quantitative estimate of drug-likeness (QED) is 0.754. The predicted molar refractivity (Wildman–Crippen MR) is 107 cm³/mol. The van der Waals surface area contributed by atoms with Gasteiger partial charge in [-0.2, -0.15) is 0 Å². The lowest BCUT2D eigenvalue weighted by atomic mass is 9.81. The summed E-state index contributed by atoms with van der Waals surface area (Å²) < 4.78 is 10.7. The Morgan fingerprint density at radius 1 is 1.14 bits per heavy atom. The fourth-order valence-electron chi connectivity index (χ4n) is 5.17. The molecule has 2 atom stereocenters. The van der Waals surface area contributed by atoms with Gasteiger partial charge in [0, 0.05) is 26.2 Å². The van der Waals surface area contributed by atoms with Gasteiger partial charge in [-0.05, 0) is 30.9 Å². The number of para-hydroxylation sites is 2. The first kappa shape index (κ1) is 17.7. The van der Waals surface area contributed by atoms with E-state index in [1.54, 1.807) is 0 Å². The fraction of sp³-hybridized carbons (Fsp3) is 0.571. The Hall–Kier alpha value is -2.41. The molecule has 0 spiro atoms. The highest BCUT2D eigenvalue weighted by Gasteiger charge is 2.56. The number of hydrogen-bond acceptors (Lipinski definition) is 7. The Balaban J connectivity index is 1.57. The highest BCUT2D eigenvalue weighted by molar-refractivity contribution is 5.83. The molecule has 0 amide bonds. The lowest BCUT2D eigenvalue weighted by Gasteiger charge is -2.32. The number of carbonyl (C=O) groups is 1. The van der Waals surface area contributed by atoms with Gasteiger partial charge in [0.15, 0.2) is 11.6 Å². The molecule has 2 aromatic rings. The minimum Gasteiger partial charge on any atom is -0.469 e. The lowest BCUT2D eigenvalue weighted by Crippen LogP contribution is -2.39. The third-order valence-corrected chi connectivity index (χ3v) is 6.61. The summed E-state index contributed by atoms with van der Waals surface area (Å²) in [4.78, 5) is 27.2. The molecule has 2 aliphatic heterocycles. The molecule has 0 bridgehead atoms. The highest BCUT2D eigenvalue weighted by Crippen LogP contribution is 2.51. The van der Waals surface area contributed by atoms with Crippen molar-refractivity contribution in [1.29, 1.82) is 0 Å². The lowest BCUT2D eigenvalue weighted by molar-refractivity contribution is -0.152. The smallest absolute Gasteiger partial charge is 0.313 e. The summed E-state index contributed by atoms with van der Waals surface area (Å²) in [6.45, 7) is 4.50. The Labute approximate surface area is 164 Å². The molecule has 0 N–H and O–H groups in total. The fourth-order valence-corrected chi connectivity index (χ4v) is 5.17. The number of nitrogens with zero attached hydrogens (tertiary/aromatic N) is 4. The van der Waals surface area contributed by atoms with Gasteiger partial charge >= 0.3 is 5.97 Å². The average Bonchev–Trinajstić information content (AvgIpc) is 3.31. The van der Waals surface area contributed by atoms with Crippen LogP contribution in [0.5, 0.6) is 0 Å². The molecule has 5 rings (SSSR count). The van der Waals surface area contributed by atoms with Crippen LogP contribution in [-0.2, 0) is 14.3 Å². The maximum atomic E-state index is 12.7. The monoisotopic (exact) mass is 382 g/mol. The van der Waals surface area contributed by atoms with Crippen molar-refractivity contribution in [3.05, 3.63) is 24.3 Å². The van der Waals surface area contributed by atoms with Crippen LogP contribution in [0.4, 0.5) is 11.6 Å². The number of methoxy groups -OCH3 is 1. The van der Waals surface area contributed by atoms with E-state index in [9.17, 15) is 4.79 Å². The molecule has 0 radical (unpaired) electrons. The van der Waals surface area contributed by atoms with Crippen LogP contribution in [-0.4, -0.2) is 62.4 Å². The molecule has 3 heterocycles. The number of benzene rings is 1. The summed E-state index contributed by atoms with van der Waals surface area (Å²) >= 11 is 0. The first-order chi connectivity index (χ1) is 13.7. The molecule has 1 aliphatic carbocycles. The van der Waals surface area contributed by atoms with E-state index in [1.165, 1.54) is 7.11 Å². The van der Waals surface area contributed by atoms with Crippen molar-refractivity contribution in [1.82, 2.24) is 9.97 Å². The molecule has 3 fully saturated rings. The highest BCUT2D eigenvalue weighted by atomic mass is 16.5. The molecule has 7 nitrogen and oxygen atoms in total. The van der Waals surface area contributed by atoms with E-state index in [0.717, 1.165) is 61.6 Å². The van der Waals surface area contributed by atoms with Crippen molar-refractivity contribution in [2.45, 2.75) is 19.3 Å². The van der Waals surface area contributed by atoms with Gasteiger partial charge in [-0.15, -0.1) is 0 Å². The van der Waals surface area contributed by atoms with Crippen LogP contribution in [0.2, 0.25) is 0 Å². The van der Waals surface area contributed by atoms with Crippen LogP contribution < -0.4 is 9.80 Å². The molecule has 28 heavy (non-hydrogen) atoms. The molecular formula is C21H26N4O3. The molecule has 3 aliphatic rings. The Morgan fingerprint density at radius 3 is 2.50 bits per heavy atom. The topological polar surface area (TPSA) is 67.8 Å². The number of anilines is 2. The number of hydrogen-bond donors (Lipinski definition) is 0. The van der Waals surface area contributed by atoms with Crippen molar-refractivity contribution >= 4 is 28.6 Å². The Kier molecular flexibility index (Phi) is 4.34. The molecule has 1 saturated carbocycles. The number of aromatic nitrogens is 2. The van der Waals surface area contributed by atoms with E-state index >= 15 is 0 Å². The van der Waals surface area contributed by atoms with Gasteiger partial charge in [-0.25, -0.2) is 9.97 Å². The second kappa shape index (κ2) is 6.88. The zero-order valence-corrected chi connectivity index (χ0v) is 16.3. The van der Waals surface area contributed by atoms with Crippen molar-refractivity contribution in [2.24, 2.45) is 11.3 Å². The van der Waals surface area contributed by atoms with Crippen molar-refractivity contribution in [3.8, 4) is 0 Å². The zero-order valence-electron chi connectivity index (χ0n) is 16.3. The number of carbonyl (C=O) groups excluding carboxylic acids is 1. The summed E-state index contributed by atoms with van der Waals surface area (Å²) in [6.07, 6.45) is 3.06. The first-order valence-electron chi connectivity index (χ1n) is 10.1. The van der Waals surface area contributed by atoms with Gasteiger partial charge in [-0.3, -0.25) is 4.79 Å². The number of ether oxygens (including phenoxy) is 2. The second-order valence-electron chi connectivity index (χ2n) is 8.08. The molecule has 1 aromatic carbocycles. The molecule has 2 saturated heterocycles. The Morgan fingerprint density at radius 2 is 1.82 bits per heavy atom. The number of esters is 1. The largest absolute Gasteiger partial charge is 0.469 e. The van der Waals surface area contributed by atoms with Crippen LogP contribution in [0.1, 0.15) is 19.3 Å². The van der Waals surface area contributed by atoms with Gasteiger partial charge in [0.25, 0.3) is 0 Å². The van der Waals surface area contributed by atoms with Crippen LogP contribution in [0.3, 0.4) is 0 Å². The minimum absolute atomic E-state index is 0.0702. The van der Waals surface area contributed by atoms with E-state index < -0.39 is 5.41 Å². The van der Waals surface area contributed by atoms with Crippen LogP contribution >= 0.6 is 0 Å². The van der Waals surface area contributed by atoms with Crippen molar-refractivity contribution in [3.63, 3.8) is 0 Å². The van der Waals surface area contributed by atoms with Crippen LogP contribution in [0, 0.1) is 11.3 Å². The predicted octanol–water partition coefficient (Wildman–Crippen LogP) is 2.25. The maximum absolute atomic E-state index is 12.7. The standard InChI is InChI=1S/C21H26N4O3/c1-27-20(26)21-8-4-5-15(21)13-25(14-21)19-18(24-9-11-28-12-10-24)22-16-6-2-3-7-17(16)23-19/h2-3,6-7,15H,4-5,8-14H2,1H3.